The third kappa shape index (κ3) is 3.28. The van der Waals surface area contributed by atoms with E-state index in [1.54, 1.807) is 18.2 Å². The number of aliphatic hydroxyl groups is 1. The molecule has 1 aliphatic carbocycles. The molecule has 1 aromatic heterocycles. The molecule has 0 bridgehead atoms. The van der Waals surface area contributed by atoms with Gasteiger partial charge in [-0.3, -0.25) is 0 Å². The second-order valence-corrected chi connectivity index (χ2v) is 6.90. The largest absolute Gasteiger partial charge is 0.460 e. The number of aliphatic hydroxyl groups excluding tert-OH is 1. The van der Waals surface area contributed by atoms with Crippen LogP contribution in [-0.4, -0.2) is 29.3 Å². The quantitative estimate of drug-likeness (QED) is 0.650. The lowest BCUT2D eigenvalue weighted by atomic mass is 10.0. The zero-order chi connectivity index (χ0) is 19.7. The van der Waals surface area contributed by atoms with E-state index >= 15 is 0 Å². The summed E-state index contributed by atoms with van der Waals surface area (Å²) in [6.45, 7) is -0.314. The van der Waals surface area contributed by atoms with Crippen LogP contribution in [0.2, 0.25) is 5.02 Å². The SMILES string of the molecule is O=C(OCCO)c1c2c(nc3ccccc13)C(=Cc1c(F)cccc1Cl)CC2. The van der Waals surface area contributed by atoms with E-state index in [4.69, 9.17) is 26.4 Å². The minimum Gasteiger partial charge on any atom is -0.460 e. The van der Waals surface area contributed by atoms with Gasteiger partial charge >= 0.3 is 5.97 Å². The molecule has 2 aromatic carbocycles. The summed E-state index contributed by atoms with van der Waals surface area (Å²) in [5.74, 6) is -0.897. The maximum atomic E-state index is 14.2. The first-order valence-electron chi connectivity index (χ1n) is 8.94. The van der Waals surface area contributed by atoms with E-state index in [0.29, 0.717) is 45.6 Å². The Morgan fingerprint density at radius 3 is 2.82 bits per heavy atom. The molecule has 0 saturated carbocycles. The molecule has 1 heterocycles. The minimum absolute atomic E-state index is 0.0716. The molecule has 28 heavy (non-hydrogen) atoms. The summed E-state index contributed by atoms with van der Waals surface area (Å²) in [7, 11) is 0. The number of para-hydroxylation sites is 1. The van der Waals surface area contributed by atoms with E-state index in [-0.39, 0.29) is 13.2 Å². The molecule has 1 aliphatic rings. The molecule has 0 amide bonds. The van der Waals surface area contributed by atoms with Crippen LogP contribution in [0.4, 0.5) is 4.39 Å². The number of carbonyl (C=O) groups is 1. The van der Waals surface area contributed by atoms with Crippen molar-refractivity contribution in [1.29, 1.82) is 0 Å². The zero-order valence-electron chi connectivity index (χ0n) is 14.9. The zero-order valence-corrected chi connectivity index (χ0v) is 15.7. The van der Waals surface area contributed by atoms with E-state index in [1.807, 2.05) is 24.3 Å². The number of carbonyl (C=O) groups excluding carboxylic acids is 1. The fourth-order valence-electron chi connectivity index (χ4n) is 3.55. The molecule has 0 spiro atoms. The molecular formula is C22H17ClFNO3. The number of fused-ring (bicyclic) bond motifs is 2. The number of allylic oxidation sites excluding steroid dienone is 1. The first kappa shape index (κ1) is 18.6. The summed E-state index contributed by atoms with van der Waals surface area (Å²) in [4.78, 5) is 17.4. The Balaban J connectivity index is 1.90. The lowest BCUT2D eigenvalue weighted by Gasteiger charge is -2.12. The number of pyridine rings is 1. The molecule has 0 aliphatic heterocycles. The van der Waals surface area contributed by atoms with E-state index in [2.05, 4.69) is 0 Å². The van der Waals surface area contributed by atoms with Gasteiger partial charge in [0.25, 0.3) is 0 Å². The predicted octanol–water partition coefficient (Wildman–Crippen LogP) is 4.66. The maximum absolute atomic E-state index is 14.2. The molecule has 4 rings (SSSR count). The highest BCUT2D eigenvalue weighted by Crippen LogP contribution is 2.38. The van der Waals surface area contributed by atoms with Gasteiger partial charge in [0.2, 0.25) is 0 Å². The summed E-state index contributed by atoms with van der Waals surface area (Å²) < 4.78 is 19.4. The first-order valence-corrected chi connectivity index (χ1v) is 9.32. The van der Waals surface area contributed by atoms with Gasteiger partial charge in [0.05, 0.1) is 28.4 Å². The van der Waals surface area contributed by atoms with Gasteiger partial charge in [0, 0.05) is 10.9 Å². The number of rotatable bonds is 4. The highest BCUT2D eigenvalue weighted by Gasteiger charge is 2.27. The van der Waals surface area contributed by atoms with Crippen molar-refractivity contribution in [2.45, 2.75) is 12.8 Å². The molecule has 3 aromatic rings. The number of nitrogens with zero attached hydrogens (tertiary/aromatic N) is 1. The molecule has 0 atom stereocenters. The van der Waals surface area contributed by atoms with Crippen LogP contribution >= 0.6 is 11.6 Å². The fourth-order valence-corrected chi connectivity index (χ4v) is 3.76. The third-order valence-corrected chi connectivity index (χ3v) is 5.12. The summed E-state index contributed by atoms with van der Waals surface area (Å²) in [5, 5.41) is 10.0. The van der Waals surface area contributed by atoms with Crippen molar-refractivity contribution in [3.8, 4) is 0 Å². The van der Waals surface area contributed by atoms with Gasteiger partial charge in [0.1, 0.15) is 12.4 Å². The van der Waals surface area contributed by atoms with Crippen molar-refractivity contribution < 1.29 is 19.0 Å². The Kier molecular flexibility index (Phi) is 5.11. The molecule has 0 fully saturated rings. The topological polar surface area (TPSA) is 59.4 Å². The van der Waals surface area contributed by atoms with Crippen LogP contribution in [0, 0.1) is 5.82 Å². The van der Waals surface area contributed by atoms with Crippen molar-refractivity contribution in [1.82, 2.24) is 4.98 Å². The highest BCUT2D eigenvalue weighted by molar-refractivity contribution is 6.32. The molecule has 0 saturated heterocycles. The van der Waals surface area contributed by atoms with Gasteiger partial charge < -0.3 is 9.84 Å². The number of benzene rings is 2. The number of hydrogen-bond donors (Lipinski definition) is 1. The van der Waals surface area contributed by atoms with E-state index in [1.165, 1.54) is 6.07 Å². The molecule has 6 heteroatoms. The Hall–Kier alpha value is -2.76. The molecule has 142 valence electrons. The summed E-state index contributed by atoms with van der Waals surface area (Å²) in [6.07, 6.45) is 2.91. The Labute approximate surface area is 166 Å². The lowest BCUT2D eigenvalue weighted by molar-refractivity contribution is 0.0435. The molecular weight excluding hydrogens is 381 g/mol. The van der Waals surface area contributed by atoms with Crippen LogP contribution < -0.4 is 0 Å². The fraction of sp³-hybridized carbons (Fsp3) is 0.182. The van der Waals surface area contributed by atoms with Crippen LogP contribution in [0.5, 0.6) is 0 Å². The van der Waals surface area contributed by atoms with Crippen LogP contribution in [-0.2, 0) is 11.2 Å². The Morgan fingerprint density at radius 1 is 1.21 bits per heavy atom. The van der Waals surface area contributed by atoms with Gasteiger partial charge in [-0.15, -0.1) is 0 Å². The molecule has 0 unspecified atom stereocenters. The average Bonchev–Trinajstić information content (AvgIpc) is 3.09. The number of hydrogen-bond acceptors (Lipinski definition) is 4. The van der Waals surface area contributed by atoms with Gasteiger partial charge in [-0.25, -0.2) is 14.2 Å². The number of halogens is 2. The van der Waals surface area contributed by atoms with E-state index in [9.17, 15) is 9.18 Å². The summed E-state index contributed by atoms with van der Waals surface area (Å²) in [6, 6.07) is 11.9. The van der Waals surface area contributed by atoms with Crippen LogP contribution in [0.1, 0.15) is 33.6 Å². The van der Waals surface area contributed by atoms with Crippen molar-refractivity contribution in [2.24, 2.45) is 0 Å². The normalized spacial score (nSPS) is 14.5. The molecule has 0 radical (unpaired) electrons. The first-order chi connectivity index (χ1) is 13.6. The van der Waals surface area contributed by atoms with Crippen molar-refractivity contribution in [2.75, 3.05) is 13.2 Å². The smallest absolute Gasteiger partial charge is 0.339 e. The lowest BCUT2D eigenvalue weighted by Crippen LogP contribution is -2.12. The van der Waals surface area contributed by atoms with Crippen molar-refractivity contribution >= 4 is 40.1 Å². The van der Waals surface area contributed by atoms with Gasteiger partial charge in [-0.2, -0.15) is 0 Å². The van der Waals surface area contributed by atoms with Gasteiger partial charge in [0.15, 0.2) is 0 Å². The maximum Gasteiger partial charge on any atom is 0.339 e. The van der Waals surface area contributed by atoms with Crippen molar-refractivity contribution in [3.05, 3.63) is 75.7 Å². The summed E-state index contributed by atoms with van der Waals surface area (Å²) in [5.41, 5.74) is 3.69. The van der Waals surface area contributed by atoms with E-state index in [0.717, 1.165) is 11.1 Å². The van der Waals surface area contributed by atoms with Gasteiger partial charge in [-0.05, 0) is 48.3 Å². The van der Waals surface area contributed by atoms with Crippen LogP contribution in [0.15, 0.2) is 42.5 Å². The minimum atomic E-state index is -0.492. The second-order valence-electron chi connectivity index (χ2n) is 6.50. The highest BCUT2D eigenvalue weighted by atomic mass is 35.5. The molecule has 1 N–H and O–H groups in total. The number of esters is 1. The second kappa shape index (κ2) is 7.70. The van der Waals surface area contributed by atoms with E-state index < -0.39 is 11.8 Å². The standard InChI is InChI=1S/C22H17ClFNO3/c23-17-5-3-6-18(24)16(17)12-13-8-9-15-20(22(27)28-11-10-26)14-4-1-2-7-19(14)25-21(13)15/h1-7,12,26H,8-11H2. The predicted molar refractivity (Wildman–Crippen MR) is 107 cm³/mol. The third-order valence-electron chi connectivity index (χ3n) is 4.79. The Morgan fingerprint density at radius 2 is 2.04 bits per heavy atom. The number of aromatic nitrogens is 1. The van der Waals surface area contributed by atoms with Gasteiger partial charge in [-0.1, -0.05) is 35.9 Å². The Bertz CT molecular complexity index is 1090. The van der Waals surface area contributed by atoms with Crippen molar-refractivity contribution in [3.63, 3.8) is 0 Å². The monoisotopic (exact) mass is 397 g/mol. The van der Waals surface area contributed by atoms with Crippen LogP contribution in [0.3, 0.4) is 0 Å². The average molecular weight is 398 g/mol. The molecule has 4 nitrogen and oxygen atoms in total. The summed E-state index contributed by atoms with van der Waals surface area (Å²) >= 11 is 6.17. The number of ether oxygens (including phenoxy) is 1. The van der Waals surface area contributed by atoms with Crippen LogP contribution in [0.25, 0.3) is 22.6 Å².